The number of aromatic nitrogens is 3. The molecule has 2 heterocycles. The van der Waals surface area contributed by atoms with Gasteiger partial charge in [0.2, 0.25) is 0 Å². The van der Waals surface area contributed by atoms with Gasteiger partial charge in [0.05, 0.1) is 22.2 Å². The van der Waals surface area contributed by atoms with Gasteiger partial charge in [0.1, 0.15) is 0 Å². The monoisotopic (exact) mass is 723 g/mol. The summed E-state index contributed by atoms with van der Waals surface area (Å²) < 4.78 is 2.37. The fraction of sp³-hybridized carbons (Fsp3) is 0. The molecule has 12 rings (SSSR count). The molecule has 3 heteroatoms. The SMILES string of the molecule is c1ccc(-c2nc(-c3ccc(-c4ccc5ccc6cccc7ccc4c5c67)cc3)nc3ccc(-c4ccc5c6ccccc6n(-c6ccccc6)c5c4)cc23)cc1. The summed E-state index contributed by atoms with van der Waals surface area (Å²) in [5.74, 6) is 0.713. The normalized spacial score (nSPS) is 11.9. The maximum atomic E-state index is 5.30. The summed E-state index contributed by atoms with van der Waals surface area (Å²) in [6.07, 6.45) is 0. The lowest BCUT2D eigenvalue weighted by molar-refractivity contribution is 1.18. The van der Waals surface area contributed by atoms with E-state index >= 15 is 0 Å². The van der Waals surface area contributed by atoms with Crippen LogP contribution in [0.25, 0.3) is 116 Å². The van der Waals surface area contributed by atoms with Crippen LogP contribution in [-0.4, -0.2) is 14.5 Å². The lowest BCUT2D eigenvalue weighted by Gasteiger charge is -2.14. The van der Waals surface area contributed by atoms with Gasteiger partial charge < -0.3 is 4.57 Å². The fourth-order valence-electron chi connectivity index (χ4n) is 9.04. The molecule has 2 aromatic heterocycles. The summed E-state index contributed by atoms with van der Waals surface area (Å²) in [6, 6.07) is 72.1. The summed E-state index contributed by atoms with van der Waals surface area (Å²) in [6.45, 7) is 0. The first kappa shape index (κ1) is 31.7. The highest BCUT2D eigenvalue weighted by atomic mass is 15.0. The van der Waals surface area contributed by atoms with Gasteiger partial charge >= 0.3 is 0 Å². The van der Waals surface area contributed by atoms with Crippen LogP contribution in [0.2, 0.25) is 0 Å². The van der Waals surface area contributed by atoms with E-state index in [1.807, 2.05) is 0 Å². The van der Waals surface area contributed by atoms with Crippen LogP contribution in [0.15, 0.2) is 200 Å². The first-order valence-electron chi connectivity index (χ1n) is 19.5. The average Bonchev–Trinajstić information content (AvgIpc) is 3.62. The van der Waals surface area contributed by atoms with Crippen molar-refractivity contribution >= 4 is 65.0 Å². The van der Waals surface area contributed by atoms with Gasteiger partial charge in [0.25, 0.3) is 0 Å². The molecule has 0 amide bonds. The zero-order chi connectivity index (χ0) is 37.5. The third-order valence-electron chi connectivity index (χ3n) is 11.7. The van der Waals surface area contributed by atoms with Crippen molar-refractivity contribution in [1.82, 2.24) is 14.5 Å². The molecule has 264 valence electrons. The first-order valence-corrected chi connectivity index (χ1v) is 19.5. The van der Waals surface area contributed by atoms with Crippen molar-refractivity contribution in [3.8, 4) is 50.6 Å². The third-order valence-corrected chi connectivity index (χ3v) is 11.7. The van der Waals surface area contributed by atoms with Crippen LogP contribution in [0.3, 0.4) is 0 Å². The minimum atomic E-state index is 0.713. The Morgan fingerprint density at radius 1 is 0.333 bits per heavy atom. The van der Waals surface area contributed by atoms with Crippen LogP contribution >= 0.6 is 0 Å². The highest BCUT2D eigenvalue weighted by molar-refractivity contribution is 6.25. The van der Waals surface area contributed by atoms with E-state index in [-0.39, 0.29) is 0 Å². The van der Waals surface area contributed by atoms with Gasteiger partial charge in [0, 0.05) is 33.0 Å². The molecule has 0 spiro atoms. The van der Waals surface area contributed by atoms with E-state index < -0.39 is 0 Å². The molecule has 0 saturated heterocycles. The van der Waals surface area contributed by atoms with Crippen LogP contribution in [-0.2, 0) is 0 Å². The van der Waals surface area contributed by atoms with E-state index in [9.17, 15) is 0 Å². The van der Waals surface area contributed by atoms with Crippen LogP contribution in [0.5, 0.6) is 0 Å². The second kappa shape index (κ2) is 12.5. The first-order chi connectivity index (χ1) is 28.2. The van der Waals surface area contributed by atoms with Crippen molar-refractivity contribution in [2.24, 2.45) is 0 Å². The molecule has 0 aliphatic heterocycles. The minimum Gasteiger partial charge on any atom is -0.309 e. The number of para-hydroxylation sites is 2. The number of fused-ring (bicyclic) bond motifs is 4. The van der Waals surface area contributed by atoms with Crippen molar-refractivity contribution in [2.75, 3.05) is 0 Å². The topological polar surface area (TPSA) is 30.7 Å². The fourth-order valence-corrected chi connectivity index (χ4v) is 9.04. The third kappa shape index (κ3) is 4.99. The Balaban J connectivity index is 0.975. The second-order valence-corrected chi connectivity index (χ2v) is 15.0. The number of hydrogen-bond donors (Lipinski definition) is 0. The molecule has 0 radical (unpaired) electrons. The molecular weight excluding hydrogens is 691 g/mol. The van der Waals surface area contributed by atoms with Crippen LogP contribution in [0.1, 0.15) is 0 Å². The molecule has 0 fully saturated rings. The van der Waals surface area contributed by atoms with Crippen LogP contribution in [0, 0.1) is 0 Å². The van der Waals surface area contributed by atoms with E-state index in [2.05, 4.69) is 205 Å². The van der Waals surface area contributed by atoms with E-state index in [4.69, 9.17) is 9.97 Å². The van der Waals surface area contributed by atoms with Gasteiger partial charge in [-0.25, -0.2) is 9.97 Å². The Morgan fingerprint density at radius 2 is 0.947 bits per heavy atom. The predicted molar refractivity (Wildman–Crippen MR) is 239 cm³/mol. The van der Waals surface area contributed by atoms with E-state index in [1.54, 1.807) is 0 Å². The van der Waals surface area contributed by atoms with Gasteiger partial charge in [-0.05, 0) is 91.0 Å². The summed E-state index contributed by atoms with van der Waals surface area (Å²) >= 11 is 0. The zero-order valence-corrected chi connectivity index (χ0v) is 30.9. The molecule has 0 N–H and O–H groups in total. The predicted octanol–water partition coefficient (Wildman–Crippen LogP) is 14.3. The largest absolute Gasteiger partial charge is 0.309 e. The van der Waals surface area contributed by atoms with Gasteiger partial charge in [-0.2, -0.15) is 0 Å². The Bertz CT molecular complexity index is 3480. The summed E-state index contributed by atoms with van der Waals surface area (Å²) in [7, 11) is 0. The van der Waals surface area contributed by atoms with Gasteiger partial charge in [0.15, 0.2) is 5.82 Å². The van der Waals surface area contributed by atoms with Crippen molar-refractivity contribution in [2.45, 2.75) is 0 Å². The Hall–Kier alpha value is -7.62. The molecule has 0 aliphatic carbocycles. The smallest absolute Gasteiger partial charge is 0.160 e. The molecule has 12 aromatic rings. The highest BCUT2D eigenvalue weighted by Crippen LogP contribution is 2.41. The van der Waals surface area contributed by atoms with Gasteiger partial charge in [-0.1, -0.05) is 164 Å². The standard InChI is InChI=1S/C54H33N3/c1-3-10-38(11-4-1)53-47-32-40(41-26-29-45-44-16-7-8-17-49(44)57(50(45)33-41)42-14-5-2-6-15-42)27-31-48(47)55-54(56-53)39-22-18-34(19-23-39)43-28-24-37-21-20-35-12-9-13-36-25-30-46(43)52(37)51(35)36/h1-33H. The summed E-state index contributed by atoms with van der Waals surface area (Å²) in [5.41, 5.74) is 12.1. The Morgan fingerprint density at radius 3 is 1.77 bits per heavy atom. The quantitative estimate of drug-likeness (QED) is 0.166. The number of hydrogen-bond acceptors (Lipinski definition) is 2. The molecular formula is C54H33N3. The molecule has 57 heavy (non-hydrogen) atoms. The van der Waals surface area contributed by atoms with Gasteiger partial charge in [-0.3, -0.25) is 0 Å². The molecule has 3 nitrogen and oxygen atoms in total. The molecule has 0 unspecified atom stereocenters. The van der Waals surface area contributed by atoms with Crippen molar-refractivity contribution in [1.29, 1.82) is 0 Å². The summed E-state index contributed by atoms with van der Waals surface area (Å²) in [4.78, 5) is 10.5. The Kier molecular flexibility index (Phi) is 6.93. The van der Waals surface area contributed by atoms with Crippen LogP contribution < -0.4 is 0 Å². The van der Waals surface area contributed by atoms with Gasteiger partial charge in [-0.15, -0.1) is 0 Å². The van der Waals surface area contributed by atoms with Crippen molar-refractivity contribution in [3.05, 3.63) is 200 Å². The number of nitrogens with zero attached hydrogens (tertiary/aromatic N) is 3. The molecule has 0 saturated carbocycles. The maximum Gasteiger partial charge on any atom is 0.160 e. The molecule has 0 aliphatic rings. The summed E-state index contributed by atoms with van der Waals surface area (Å²) in [5, 5.41) is 11.3. The minimum absolute atomic E-state index is 0.713. The zero-order valence-electron chi connectivity index (χ0n) is 30.9. The maximum absolute atomic E-state index is 5.30. The average molecular weight is 724 g/mol. The molecule has 0 atom stereocenters. The number of benzene rings is 10. The molecule has 0 bridgehead atoms. The lowest BCUT2D eigenvalue weighted by atomic mass is 9.90. The second-order valence-electron chi connectivity index (χ2n) is 15.0. The molecule has 10 aromatic carbocycles. The number of rotatable bonds is 5. The lowest BCUT2D eigenvalue weighted by Crippen LogP contribution is -1.96. The van der Waals surface area contributed by atoms with Crippen LogP contribution in [0.4, 0.5) is 0 Å². The van der Waals surface area contributed by atoms with E-state index in [1.165, 1.54) is 65.3 Å². The van der Waals surface area contributed by atoms with Crippen molar-refractivity contribution < 1.29 is 0 Å². The van der Waals surface area contributed by atoms with E-state index in [0.29, 0.717) is 5.82 Å². The van der Waals surface area contributed by atoms with Crippen molar-refractivity contribution in [3.63, 3.8) is 0 Å². The Labute approximate surface area is 329 Å². The highest BCUT2D eigenvalue weighted by Gasteiger charge is 2.17. The van der Waals surface area contributed by atoms with E-state index in [0.717, 1.165) is 44.5 Å².